The van der Waals surface area contributed by atoms with Crippen molar-refractivity contribution in [2.24, 2.45) is 0 Å². The summed E-state index contributed by atoms with van der Waals surface area (Å²) in [5, 5.41) is 13.0. The van der Waals surface area contributed by atoms with Gasteiger partial charge < -0.3 is 10.6 Å². The van der Waals surface area contributed by atoms with Gasteiger partial charge in [-0.25, -0.2) is 8.78 Å². The summed E-state index contributed by atoms with van der Waals surface area (Å²) in [6.07, 6.45) is 2.20. The Kier molecular flexibility index (Phi) is 4.17. The molecule has 1 aromatic carbocycles. The quantitative estimate of drug-likeness (QED) is 0.870. The first kappa shape index (κ1) is 13.1. The van der Waals surface area contributed by atoms with E-state index in [-0.39, 0.29) is 11.5 Å². The van der Waals surface area contributed by atoms with Crippen LogP contribution in [0.25, 0.3) is 0 Å². The second-order valence-electron chi connectivity index (χ2n) is 3.81. The van der Waals surface area contributed by atoms with Gasteiger partial charge in [0, 0.05) is 6.54 Å². The summed E-state index contributed by atoms with van der Waals surface area (Å²) < 4.78 is 26.9. The molecule has 1 heterocycles. The highest BCUT2D eigenvalue weighted by molar-refractivity contribution is 5.57. The molecule has 2 rings (SSSR count). The lowest BCUT2D eigenvalue weighted by atomic mass is 10.3. The lowest BCUT2D eigenvalue weighted by molar-refractivity contribution is 0.590. The Bertz CT molecular complexity index is 541. The predicted octanol–water partition coefficient (Wildman–Crippen LogP) is 2.72. The van der Waals surface area contributed by atoms with Crippen molar-refractivity contribution in [1.29, 1.82) is 0 Å². The van der Waals surface area contributed by atoms with E-state index in [1.54, 1.807) is 0 Å². The number of anilines is 3. The van der Waals surface area contributed by atoms with Crippen LogP contribution in [0.3, 0.4) is 0 Å². The van der Waals surface area contributed by atoms with Crippen molar-refractivity contribution >= 4 is 17.5 Å². The van der Waals surface area contributed by atoms with Gasteiger partial charge in [-0.2, -0.15) is 10.1 Å². The van der Waals surface area contributed by atoms with E-state index >= 15 is 0 Å². The lowest BCUT2D eigenvalue weighted by Crippen LogP contribution is -2.07. The number of benzene rings is 1. The first-order valence-corrected chi connectivity index (χ1v) is 5.85. The molecule has 2 N–H and O–H groups in total. The third-order valence-electron chi connectivity index (χ3n) is 2.31. The van der Waals surface area contributed by atoms with Crippen LogP contribution in [0.15, 0.2) is 24.4 Å². The highest BCUT2D eigenvalue weighted by atomic mass is 19.1. The lowest BCUT2D eigenvalue weighted by Gasteiger charge is -2.08. The van der Waals surface area contributed by atoms with Crippen LogP contribution >= 0.6 is 0 Å². The molecule has 2 aromatic rings. The minimum Gasteiger partial charge on any atom is -0.353 e. The van der Waals surface area contributed by atoms with Gasteiger partial charge in [0.2, 0.25) is 5.95 Å². The van der Waals surface area contributed by atoms with Crippen molar-refractivity contribution in [3.63, 3.8) is 0 Å². The average molecular weight is 265 g/mol. The van der Waals surface area contributed by atoms with Crippen molar-refractivity contribution in [3.8, 4) is 0 Å². The molecule has 5 nitrogen and oxygen atoms in total. The Balaban J connectivity index is 2.19. The van der Waals surface area contributed by atoms with Crippen molar-refractivity contribution < 1.29 is 8.78 Å². The van der Waals surface area contributed by atoms with Gasteiger partial charge in [0.1, 0.15) is 17.3 Å². The van der Waals surface area contributed by atoms with Gasteiger partial charge in [0.15, 0.2) is 5.82 Å². The smallest absolute Gasteiger partial charge is 0.244 e. The zero-order valence-electron chi connectivity index (χ0n) is 10.3. The molecule has 0 fully saturated rings. The molecule has 7 heteroatoms. The minimum atomic E-state index is -0.693. The Labute approximate surface area is 109 Å². The van der Waals surface area contributed by atoms with Crippen molar-refractivity contribution in [1.82, 2.24) is 15.2 Å². The van der Waals surface area contributed by atoms with Crippen LogP contribution in [-0.2, 0) is 0 Å². The molecular weight excluding hydrogens is 252 g/mol. The third-order valence-corrected chi connectivity index (χ3v) is 2.31. The second kappa shape index (κ2) is 6.03. The molecule has 0 aliphatic rings. The SMILES string of the molecule is CCCNc1nncc(Nc2c(F)cccc2F)n1. The van der Waals surface area contributed by atoms with E-state index < -0.39 is 11.6 Å². The molecule has 0 bridgehead atoms. The van der Waals surface area contributed by atoms with Crippen LogP contribution in [0.5, 0.6) is 0 Å². The number of nitrogens with one attached hydrogen (secondary N) is 2. The van der Waals surface area contributed by atoms with Crippen LogP contribution in [-0.4, -0.2) is 21.7 Å². The molecule has 0 spiro atoms. The highest BCUT2D eigenvalue weighted by Crippen LogP contribution is 2.21. The number of hydrogen-bond acceptors (Lipinski definition) is 5. The van der Waals surface area contributed by atoms with E-state index in [4.69, 9.17) is 0 Å². The van der Waals surface area contributed by atoms with Crippen LogP contribution in [0.2, 0.25) is 0 Å². The Morgan fingerprint density at radius 1 is 1.21 bits per heavy atom. The van der Waals surface area contributed by atoms with Crippen molar-refractivity contribution in [3.05, 3.63) is 36.0 Å². The molecule has 0 aliphatic heterocycles. The van der Waals surface area contributed by atoms with Gasteiger partial charge in [0.05, 0.1) is 6.20 Å². The monoisotopic (exact) mass is 265 g/mol. The van der Waals surface area contributed by atoms with Crippen molar-refractivity contribution in [2.75, 3.05) is 17.2 Å². The molecule has 0 atom stereocenters. The van der Waals surface area contributed by atoms with E-state index in [9.17, 15) is 8.78 Å². The molecule has 19 heavy (non-hydrogen) atoms. The zero-order valence-corrected chi connectivity index (χ0v) is 10.3. The summed E-state index contributed by atoms with van der Waals surface area (Å²) in [6, 6.07) is 3.62. The summed E-state index contributed by atoms with van der Waals surface area (Å²) in [4.78, 5) is 4.06. The first-order valence-electron chi connectivity index (χ1n) is 5.85. The summed E-state index contributed by atoms with van der Waals surface area (Å²) in [7, 11) is 0. The maximum Gasteiger partial charge on any atom is 0.244 e. The number of nitrogens with zero attached hydrogens (tertiary/aromatic N) is 3. The fourth-order valence-electron chi connectivity index (χ4n) is 1.42. The number of para-hydroxylation sites is 1. The molecule has 0 amide bonds. The van der Waals surface area contributed by atoms with E-state index in [1.165, 1.54) is 12.3 Å². The second-order valence-corrected chi connectivity index (χ2v) is 3.81. The molecule has 1 aromatic heterocycles. The van der Waals surface area contributed by atoms with E-state index in [0.717, 1.165) is 18.6 Å². The van der Waals surface area contributed by atoms with Gasteiger partial charge in [-0.3, -0.25) is 0 Å². The van der Waals surface area contributed by atoms with E-state index in [0.29, 0.717) is 12.5 Å². The molecule has 0 aliphatic carbocycles. The van der Waals surface area contributed by atoms with E-state index in [2.05, 4.69) is 25.8 Å². The standard InChI is InChI=1S/C12H13F2N5/c1-2-6-15-12-18-10(7-16-19-12)17-11-8(13)4-3-5-9(11)14/h3-5,7H,2,6H2,1H3,(H2,15,17,18,19). The number of rotatable bonds is 5. The predicted molar refractivity (Wildman–Crippen MR) is 68.2 cm³/mol. The average Bonchev–Trinajstić information content (AvgIpc) is 2.41. The number of halogens is 2. The minimum absolute atomic E-state index is 0.220. The number of aromatic nitrogens is 3. The fourth-order valence-corrected chi connectivity index (χ4v) is 1.42. The van der Waals surface area contributed by atoms with Crippen LogP contribution < -0.4 is 10.6 Å². The summed E-state index contributed by atoms with van der Waals surface area (Å²) in [6.45, 7) is 2.69. The van der Waals surface area contributed by atoms with E-state index in [1.807, 2.05) is 6.92 Å². The molecule has 0 radical (unpaired) electrons. The molecule has 0 unspecified atom stereocenters. The molecule has 0 saturated carbocycles. The Hall–Kier alpha value is -2.31. The fraction of sp³-hybridized carbons (Fsp3) is 0.250. The molecular formula is C12H13F2N5. The van der Waals surface area contributed by atoms with Gasteiger partial charge in [0.25, 0.3) is 0 Å². The Morgan fingerprint density at radius 2 is 1.95 bits per heavy atom. The zero-order chi connectivity index (χ0) is 13.7. The van der Waals surface area contributed by atoms with Crippen molar-refractivity contribution in [2.45, 2.75) is 13.3 Å². The normalized spacial score (nSPS) is 10.3. The first-order chi connectivity index (χ1) is 9.20. The third kappa shape index (κ3) is 3.34. The molecule has 0 saturated heterocycles. The Morgan fingerprint density at radius 3 is 2.63 bits per heavy atom. The van der Waals surface area contributed by atoms with Gasteiger partial charge in [-0.1, -0.05) is 13.0 Å². The summed E-state index contributed by atoms with van der Waals surface area (Å²) in [5.41, 5.74) is -0.260. The van der Waals surface area contributed by atoms with Gasteiger partial charge >= 0.3 is 0 Å². The summed E-state index contributed by atoms with van der Waals surface area (Å²) in [5.74, 6) is -0.857. The maximum absolute atomic E-state index is 13.5. The topological polar surface area (TPSA) is 62.7 Å². The van der Waals surface area contributed by atoms with Gasteiger partial charge in [-0.15, -0.1) is 5.10 Å². The van der Waals surface area contributed by atoms with Gasteiger partial charge in [-0.05, 0) is 18.6 Å². The van der Waals surface area contributed by atoms with Crippen LogP contribution in [0.1, 0.15) is 13.3 Å². The summed E-state index contributed by atoms with van der Waals surface area (Å²) >= 11 is 0. The van der Waals surface area contributed by atoms with Crippen LogP contribution in [0, 0.1) is 11.6 Å². The molecule has 100 valence electrons. The maximum atomic E-state index is 13.5. The largest absolute Gasteiger partial charge is 0.353 e. The highest BCUT2D eigenvalue weighted by Gasteiger charge is 2.09. The van der Waals surface area contributed by atoms with Crippen LogP contribution in [0.4, 0.5) is 26.2 Å². The number of hydrogen-bond donors (Lipinski definition) is 2.